The van der Waals surface area contributed by atoms with Gasteiger partial charge in [0.05, 0.1) is 19.8 Å². The molecule has 2 aromatic rings. The second-order valence-electron chi connectivity index (χ2n) is 8.09. The normalized spacial score (nSPS) is 21.5. The topological polar surface area (TPSA) is 88.1 Å². The maximum absolute atomic E-state index is 12.6. The number of aliphatic hydroxyl groups excluding tert-OH is 1. The summed E-state index contributed by atoms with van der Waals surface area (Å²) in [6, 6.07) is 14.5. The molecule has 0 aromatic heterocycles. The van der Waals surface area contributed by atoms with Crippen molar-refractivity contribution in [3.05, 3.63) is 59.7 Å². The standard InChI is InChI=1S/C24H28N2O5/c1-30-20-11-5-16(6-12-20)13-26-21(14-27)23(31-15-22(26)28)17-7-9-19(10-8-17)25-24(29)18-3-2-4-18/h5-12,18,21,23,27H,2-4,13-15H2,1H3,(H,25,29)/t21-,23-/m1/s1. The fraction of sp³-hybridized carbons (Fsp3) is 0.417. The summed E-state index contributed by atoms with van der Waals surface area (Å²) in [5, 5.41) is 13.0. The van der Waals surface area contributed by atoms with Crippen molar-refractivity contribution in [3.8, 4) is 5.75 Å². The zero-order chi connectivity index (χ0) is 21.8. The van der Waals surface area contributed by atoms with Gasteiger partial charge in [-0.2, -0.15) is 0 Å². The number of nitrogens with zero attached hydrogens (tertiary/aromatic N) is 1. The largest absolute Gasteiger partial charge is 0.497 e. The predicted octanol–water partition coefficient (Wildman–Crippen LogP) is 2.89. The average Bonchev–Trinajstić information content (AvgIpc) is 2.75. The molecule has 2 N–H and O–H groups in total. The van der Waals surface area contributed by atoms with Crippen molar-refractivity contribution in [3.63, 3.8) is 0 Å². The smallest absolute Gasteiger partial charge is 0.249 e. The average molecular weight is 424 g/mol. The molecule has 2 amide bonds. The van der Waals surface area contributed by atoms with Gasteiger partial charge in [-0.25, -0.2) is 0 Å². The van der Waals surface area contributed by atoms with Crippen LogP contribution in [0.5, 0.6) is 5.75 Å². The van der Waals surface area contributed by atoms with Gasteiger partial charge in [0.15, 0.2) is 0 Å². The lowest BCUT2D eigenvalue weighted by atomic mass is 9.85. The minimum absolute atomic E-state index is 0.0442. The van der Waals surface area contributed by atoms with Crippen LogP contribution in [0.25, 0.3) is 0 Å². The van der Waals surface area contributed by atoms with E-state index in [1.54, 1.807) is 12.0 Å². The third-order valence-electron chi connectivity index (χ3n) is 6.14. The Hall–Kier alpha value is -2.90. The molecule has 1 aliphatic heterocycles. The van der Waals surface area contributed by atoms with Crippen LogP contribution >= 0.6 is 0 Å². The fourth-order valence-electron chi connectivity index (χ4n) is 4.02. The Labute approximate surface area is 182 Å². The summed E-state index contributed by atoms with van der Waals surface area (Å²) in [7, 11) is 1.61. The van der Waals surface area contributed by atoms with Crippen molar-refractivity contribution in [2.75, 3.05) is 25.6 Å². The summed E-state index contributed by atoms with van der Waals surface area (Å²) in [5.41, 5.74) is 2.54. The first-order valence-corrected chi connectivity index (χ1v) is 10.6. The summed E-state index contributed by atoms with van der Waals surface area (Å²) >= 11 is 0. The second-order valence-corrected chi connectivity index (χ2v) is 8.09. The van der Waals surface area contributed by atoms with Crippen LogP contribution in [0.2, 0.25) is 0 Å². The van der Waals surface area contributed by atoms with Crippen LogP contribution in [-0.2, 0) is 20.9 Å². The number of anilines is 1. The summed E-state index contributed by atoms with van der Waals surface area (Å²) in [4.78, 5) is 26.4. The number of rotatable bonds is 7. The highest BCUT2D eigenvalue weighted by Crippen LogP contribution is 2.32. The molecule has 2 atom stereocenters. The van der Waals surface area contributed by atoms with Gasteiger partial charge in [-0.15, -0.1) is 0 Å². The monoisotopic (exact) mass is 424 g/mol. The van der Waals surface area contributed by atoms with Crippen LogP contribution in [0.3, 0.4) is 0 Å². The minimum Gasteiger partial charge on any atom is -0.497 e. The molecule has 1 saturated heterocycles. The van der Waals surface area contributed by atoms with Crippen molar-refractivity contribution in [2.45, 2.75) is 38.0 Å². The third-order valence-corrected chi connectivity index (χ3v) is 6.14. The van der Waals surface area contributed by atoms with E-state index in [2.05, 4.69) is 5.32 Å². The summed E-state index contributed by atoms with van der Waals surface area (Å²) in [5.74, 6) is 0.781. The molecule has 0 radical (unpaired) electrons. The van der Waals surface area contributed by atoms with Crippen LogP contribution in [-0.4, -0.2) is 48.2 Å². The number of ether oxygens (including phenoxy) is 2. The third kappa shape index (κ3) is 4.73. The van der Waals surface area contributed by atoms with Gasteiger partial charge < -0.3 is 24.8 Å². The molecule has 4 rings (SSSR count). The van der Waals surface area contributed by atoms with Crippen molar-refractivity contribution >= 4 is 17.5 Å². The first-order chi connectivity index (χ1) is 15.1. The Morgan fingerprint density at radius 2 is 1.87 bits per heavy atom. The number of nitrogens with one attached hydrogen (secondary N) is 1. The van der Waals surface area contributed by atoms with Gasteiger partial charge in [0.2, 0.25) is 11.8 Å². The molecular weight excluding hydrogens is 396 g/mol. The maximum atomic E-state index is 12.6. The molecule has 2 aromatic carbocycles. The molecule has 1 saturated carbocycles. The molecular formula is C24H28N2O5. The minimum atomic E-state index is -0.501. The summed E-state index contributed by atoms with van der Waals surface area (Å²) < 4.78 is 11.0. The first-order valence-electron chi connectivity index (χ1n) is 10.6. The number of benzene rings is 2. The number of amides is 2. The molecule has 164 valence electrons. The van der Waals surface area contributed by atoms with E-state index in [0.29, 0.717) is 6.54 Å². The summed E-state index contributed by atoms with van der Waals surface area (Å²) in [6.07, 6.45) is 2.58. The van der Waals surface area contributed by atoms with E-state index >= 15 is 0 Å². The van der Waals surface area contributed by atoms with Crippen molar-refractivity contribution in [2.24, 2.45) is 5.92 Å². The Bertz CT molecular complexity index is 909. The number of morpholine rings is 1. The van der Waals surface area contributed by atoms with Crippen LogP contribution in [0, 0.1) is 5.92 Å². The molecule has 2 fully saturated rings. The highest BCUT2D eigenvalue weighted by atomic mass is 16.5. The lowest BCUT2D eigenvalue weighted by Crippen LogP contribution is -2.52. The zero-order valence-electron chi connectivity index (χ0n) is 17.6. The SMILES string of the molecule is COc1ccc(CN2C(=O)CO[C@H](c3ccc(NC(=O)C4CCC4)cc3)[C@H]2CO)cc1. The predicted molar refractivity (Wildman–Crippen MR) is 116 cm³/mol. The zero-order valence-corrected chi connectivity index (χ0v) is 17.6. The van der Waals surface area contributed by atoms with Crippen molar-refractivity contribution in [1.82, 2.24) is 4.90 Å². The number of carbonyl (C=O) groups is 2. The van der Waals surface area contributed by atoms with Crippen molar-refractivity contribution in [1.29, 1.82) is 0 Å². The molecule has 31 heavy (non-hydrogen) atoms. The number of carbonyl (C=O) groups excluding carboxylic acids is 2. The lowest BCUT2D eigenvalue weighted by molar-refractivity contribution is -0.162. The van der Waals surface area contributed by atoms with E-state index < -0.39 is 12.1 Å². The highest BCUT2D eigenvalue weighted by Gasteiger charge is 2.37. The van der Waals surface area contributed by atoms with E-state index in [-0.39, 0.29) is 30.9 Å². The van der Waals surface area contributed by atoms with Crippen molar-refractivity contribution < 1.29 is 24.2 Å². The Morgan fingerprint density at radius 3 is 2.45 bits per heavy atom. The van der Waals surface area contributed by atoms with Gasteiger partial charge in [-0.3, -0.25) is 9.59 Å². The van der Waals surface area contributed by atoms with Crippen LogP contribution in [0.4, 0.5) is 5.69 Å². The Morgan fingerprint density at radius 1 is 1.16 bits per heavy atom. The van der Waals surface area contributed by atoms with E-state index in [4.69, 9.17) is 9.47 Å². The van der Waals surface area contributed by atoms with E-state index in [0.717, 1.165) is 41.8 Å². The molecule has 7 nitrogen and oxygen atoms in total. The molecule has 2 aliphatic rings. The second kappa shape index (κ2) is 9.49. The fourth-order valence-corrected chi connectivity index (χ4v) is 4.02. The molecule has 0 bridgehead atoms. The molecule has 0 spiro atoms. The number of methoxy groups -OCH3 is 1. The van der Waals surface area contributed by atoms with Gasteiger partial charge in [0.25, 0.3) is 0 Å². The van der Waals surface area contributed by atoms with Gasteiger partial charge in [0, 0.05) is 18.2 Å². The molecule has 7 heteroatoms. The summed E-state index contributed by atoms with van der Waals surface area (Å²) in [6.45, 7) is 0.119. The van der Waals surface area contributed by atoms with E-state index in [1.165, 1.54) is 0 Å². The van der Waals surface area contributed by atoms with E-state index in [9.17, 15) is 14.7 Å². The number of hydrogen-bond donors (Lipinski definition) is 2. The van der Waals surface area contributed by atoms with Gasteiger partial charge in [-0.05, 0) is 48.2 Å². The van der Waals surface area contributed by atoms with Crippen LogP contribution < -0.4 is 10.1 Å². The van der Waals surface area contributed by atoms with Gasteiger partial charge in [-0.1, -0.05) is 30.7 Å². The quantitative estimate of drug-likeness (QED) is 0.714. The molecule has 0 unspecified atom stereocenters. The first kappa shape index (κ1) is 21.3. The van der Waals surface area contributed by atoms with E-state index in [1.807, 2.05) is 48.5 Å². The van der Waals surface area contributed by atoms with Crippen LogP contribution in [0.1, 0.15) is 36.5 Å². The maximum Gasteiger partial charge on any atom is 0.249 e. The van der Waals surface area contributed by atoms with Gasteiger partial charge >= 0.3 is 0 Å². The molecule has 1 heterocycles. The molecule has 1 aliphatic carbocycles. The Kier molecular flexibility index (Phi) is 6.53. The highest BCUT2D eigenvalue weighted by molar-refractivity contribution is 5.93. The number of hydrogen-bond acceptors (Lipinski definition) is 5. The Balaban J connectivity index is 1.46. The number of aliphatic hydroxyl groups is 1. The lowest BCUT2D eigenvalue weighted by Gasteiger charge is -2.40. The van der Waals surface area contributed by atoms with Crippen LogP contribution in [0.15, 0.2) is 48.5 Å². The van der Waals surface area contributed by atoms with Gasteiger partial charge in [0.1, 0.15) is 18.5 Å².